The van der Waals surface area contributed by atoms with Crippen molar-refractivity contribution in [3.05, 3.63) is 0 Å². The van der Waals surface area contributed by atoms with E-state index in [0.717, 1.165) is 25.9 Å². The molecule has 1 heterocycles. The second kappa shape index (κ2) is 5.82. The molecule has 82 valence electrons. The quantitative estimate of drug-likeness (QED) is 0.621. The first kappa shape index (κ1) is 11.3. The molecule has 14 heavy (non-hydrogen) atoms. The third-order valence-electron chi connectivity index (χ3n) is 2.36. The lowest BCUT2D eigenvalue weighted by molar-refractivity contribution is 0.00750. The summed E-state index contributed by atoms with van der Waals surface area (Å²) in [6.07, 6.45) is 3.28. The van der Waals surface area contributed by atoms with Gasteiger partial charge in [0.05, 0.1) is 6.10 Å². The van der Waals surface area contributed by atoms with Crippen LogP contribution in [0.2, 0.25) is 0 Å². The SMILES string of the molecule is N[C@@H](CNC(=O)O)CC1CCCCO1. The minimum Gasteiger partial charge on any atom is -0.465 e. The number of rotatable bonds is 4. The highest BCUT2D eigenvalue weighted by atomic mass is 16.5. The van der Waals surface area contributed by atoms with E-state index in [0.29, 0.717) is 6.54 Å². The molecule has 1 aliphatic heterocycles. The van der Waals surface area contributed by atoms with Crippen LogP contribution in [0.25, 0.3) is 0 Å². The van der Waals surface area contributed by atoms with E-state index in [1.165, 1.54) is 6.42 Å². The van der Waals surface area contributed by atoms with E-state index in [2.05, 4.69) is 5.32 Å². The predicted molar refractivity (Wildman–Crippen MR) is 52.2 cm³/mol. The van der Waals surface area contributed by atoms with Gasteiger partial charge in [-0.05, 0) is 25.7 Å². The average molecular weight is 202 g/mol. The summed E-state index contributed by atoms with van der Waals surface area (Å²) in [5, 5.41) is 10.6. The Bertz CT molecular complexity index is 181. The van der Waals surface area contributed by atoms with Gasteiger partial charge >= 0.3 is 6.09 Å². The zero-order valence-electron chi connectivity index (χ0n) is 8.24. The van der Waals surface area contributed by atoms with Crippen molar-refractivity contribution in [2.24, 2.45) is 5.73 Å². The Morgan fingerprint density at radius 2 is 2.43 bits per heavy atom. The Hall–Kier alpha value is -0.810. The van der Waals surface area contributed by atoms with Crippen LogP contribution >= 0.6 is 0 Å². The molecule has 0 saturated carbocycles. The first-order valence-corrected chi connectivity index (χ1v) is 5.02. The second-order valence-corrected chi connectivity index (χ2v) is 3.67. The molecule has 2 atom stereocenters. The molecule has 0 bridgehead atoms. The second-order valence-electron chi connectivity index (χ2n) is 3.67. The zero-order valence-corrected chi connectivity index (χ0v) is 8.24. The fourth-order valence-corrected chi connectivity index (χ4v) is 1.63. The maximum Gasteiger partial charge on any atom is 0.404 e. The lowest BCUT2D eigenvalue weighted by atomic mass is 10.0. The minimum absolute atomic E-state index is 0.144. The van der Waals surface area contributed by atoms with Crippen LogP contribution in [0.3, 0.4) is 0 Å². The van der Waals surface area contributed by atoms with E-state index in [1.54, 1.807) is 0 Å². The molecule has 1 aliphatic rings. The number of ether oxygens (including phenoxy) is 1. The molecule has 4 N–H and O–H groups in total. The molecule has 0 radical (unpaired) electrons. The van der Waals surface area contributed by atoms with E-state index in [4.69, 9.17) is 15.6 Å². The van der Waals surface area contributed by atoms with Gasteiger partial charge in [0.2, 0.25) is 0 Å². The Morgan fingerprint density at radius 3 is 3.00 bits per heavy atom. The normalized spacial score (nSPS) is 24.2. The number of amides is 1. The Labute approximate surface area is 83.6 Å². The Morgan fingerprint density at radius 1 is 1.64 bits per heavy atom. The molecule has 1 rings (SSSR count). The largest absolute Gasteiger partial charge is 0.465 e. The van der Waals surface area contributed by atoms with Crippen LogP contribution in [0, 0.1) is 0 Å². The standard InChI is InChI=1S/C9H18N2O3/c10-7(6-11-9(12)13)5-8-3-1-2-4-14-8/h7-8,11H,1-6,10H2,(H,12,13)/t7-,8?/m1/s1. The predicted octanol–water partition coefficient (Wildman–Crippen LogP) is 0.540. The van der Waals surface area contributed by atoms with Gasteiger partial charge in [0.25, 0.3) is 0 Å². The number of hydrogen-bond donors (Lipinski definition) is 3. The van der Waals surface area contributed by atoms with E-state index in [9.17, 15) is 4.79 Å². The molecule has 1 fully saturated rings. The first-order chi connectivity index (χ1) is 6.68. The van der Waals surface area contributed by atoms with E-state index in [-0.39, 0.29) is 12.1 Å². The van der Waals surface area contributed by atoms with Crippen LogP contribution in [0.1, 0.15) is 25.7 Å². The van der Waals surface area contributed by atoms with Gasteiger partial charge in [0.15, 0.2) is 0 Å². The third-order valence-corrected chi connectivity index (χ3v) is 2.36. The summed E-state index contributed by atoms with van der Waals surface area (Å²) >= 11 is 0. The summed E-state index contributed by atoms with van der Waals surface area (Å²) in [6.45, 7) is 1.11. The number of carboxylic acid groups (broad SMARTS) is 1. The highest BCUT2D eigenvalue weighted by Crippen LogP contribution is 2.16. The Balaban J connectivity index is 2.11. The molecule has 5 nitrogen and oxygen atoms in total. The van der Waals surface area contributed by atoms with Gasteiger partial charge in [-0.2, -0.15) is 0 Å². The molecule has 0 aromatic rings. The van der Waals surface area contributed by atoms with Crippen molar-refractivity contribution in [3.63, 3.8) is 0 Å². The molecule has 0 aromatic carbocycles. The molecule has 0 aliphatic carbocycles. The molecule has 5 heteroatoms. The maximum atomic E-state index is 10.2. The van der Waals surface area contributed by atoms with Crippen molar-refractivity contribution in [2.75, 3.05) is 13.2 Å². The van der Waals surface area contributed by atoms with Crippen molar-refractivity contribution in [3.8, 4) is 0 Å². The van der Waals surface area contributed by atoms with Crippen LogP contribution in [0.15, 0.2) is 0 Å². The van der Waals surface area contributed by atoms with Crippen LogP contribution in [0.4, 0.5) is 4.79 Å². The smallest absolute Gasteiger partial charge is 0.404 e. The van der Waals surface area contributed by atoms with E-state index in [1.807, 2.05) is 0 Å². The van der Waals surface area contributed by atoms with E-state index >= 15 is 0 Å². The number of carbonyl (C=O) groups is 1. The summed E-state index contributed by atoms with van der Waals surface area (Å²) < 4.78 is 5.50. The lowest BCUT2D eigenvalue weighted by Gasteiger charge is -2.25. The van der Waals surface area contributed by atoms with Crippen molar-refractivity contribution >= 4 is 6.09 Å². The topological polar surface area (TPSA) is 84.6 Å². The molecular weight excluding hydrogens is 184 g/mol. The summed E-state index contributed by atoms with van der Waals surface area (Å²) in [6, 6.07) is -0.144. The van der Waals surface area contributed by atoms with Gasteiger partial charge in [-0.25, -0.2) is 4.79 Å². The molecule has 1 unspecified atom stereocenters. The zero-order chi connectivity index (χ0) is 10.4. The number of nitrogens with two attached hydrogens (primary N) is 1. The Kier molecular flexibility index (Phi) is 4.69. The fraction of sp³-hybridized carbons (Fsp3) is 0.889. The molecule has 1 amide bonds. The first-order valence-electron chi connectivity index (χ1n) is 5.02. The van der Waals surface area contributed by atoms with Crippen LogP contribution in [0.5, 0.6) is 0 Å². The van der Waals surface area contributed by atoms with Gasteiger partial charge in [0.1, 0.15) is 0 Å². The van der Waals surface area contributed by atoms with Crippen LogP contribution < -0.4 is 11.1 Å². The molecule has 0 spiro atoms. The van der Waals surface area contributed by atoms with Gasteiger partial charge < -0.3 is 20.9 Å². The minimum atomic E-state index is -1.02. The monoisotopic (exact) mass is 202 g/mol. The lowest BCUT2D eigenvalue weighted by Crippen LogP contribution is -2.39. The summed E-state index contributed by atoms with van der Waals surface area (Å²) in [5.41, 5.74) is 5.75. The average Bonchev–Trinajstić information content (AvgIpc) is 2.16. The van der Waals surface area contributed by atoms with Crippen molar-refractivity contribution in [1.82, 2.24) is 5.32 Å². The number of nitrogens with one attached hydrogen (secondary N) is 1. The third kappa shape index (κ3) is 4.43. The van der Waals surface area contributed by atoms with Crippen LogP contribution in [-0.2, 0) is 4.74 Å². The number of hydrogen-bond acceptors (Lipinski definition) is 3. The summed E-state index contributed by atoms with van der Waals surface area (Å²) in [4.78, 5) is 10.2. The van der Waals surface area contributed by atoms with Crippen molar-refractivity contribution < 1.29 is 14.6 Å². The molecule has 1 saturated heterocycles. The molecule has 0 aromatic heterocycles. The van der Waals surface area contributed by atoms with Gasteiger partial charge in [-0.15, -0.1) is 0 Å². The summed E-state index contributed by atoms with van der Waals surface area (Å²) in [7, 11) is 0. The highest BCUT2D eigenvalue weighted by molar-refractivity contribution is 5.64. The van der Waals surface area contributed by atoms with Crippen LogP contribution in [-0.4, -0.2) is 36.5 Å². The highest BCUT2D eigenvalue weighted by Gasteiger charge is 2.17. The van der Waals surface area contributed by atoms with Gasteiger partial charge in [-0.3, -0.25) is 0 Å². The van der Waals surface area contributed by atoms with E-state index < -0.39 is 6.09 Å². The molecular formula is C9H18N2O3. The van der Waals surface area contributed by atoms with Crippen molar-refractivity contribution in [2.45, 2.75) is 37.8 Å². The fourth-order valence-electron chi connectivity index (χ4n) is 1.63. The summed E-state index contributed by atoms with van der Waals surface area (Å²) in [5.74, 6) is 0. The van der Waals surface area contributed by atoms with Gasteiger partial charge in [-0.1, -0.05) is 0 Å². The van der Waals surface area contributed by atoms with Crippen molar-refractivity contribution in [1.29, 1.82) is 0 Å². The van der Waals surface area contributed by atoms with Gasteiger partial charge in [0, 0.05) is 19.2 Å². The maximum absolute atomic E-state index is 10.2.